The highest BCUT2D eigenvalue weighted by atomic mass is 16.3. The molecule has 6 heteroatoms. The minimum atomic E-state index is -0.109. The number of amides is 1. The van der Waals surface area contributed by atoms with Gasteiger partial charge in [0.1, 0.15) is 5.76 Å². The maximum atomic E-state index is 12.3. The van der Waals surface area contributed by atoms with E-state index in [9.17, 15) is 4.79 Å². The second-order valence-corrected chi connectivity index (χ2v) is 6.34. The van der Waals surface area contributed by atoms with Crippen LogP contribution in [0.5, 0.6) is 0 Å². The Labute approximate surface area is 153 Å². The first-order valence-corrected chi connectivity index (χ1v) is 8.64. The summed E-state index contributed by atoms with van der Waals surface area (Å²) in [6, 6.07) is 11.3. The minimum absolute atomic E-state index is 0.109. The molecule has 26 heavy (non-hydrogen) atoms. The van der Waals surface area contributed by atoms with Crippen molar-refractivity contribution in [1.29, 1.82) is 0 Å². The Morgan fingerprint density at radius 1 is 1.15 bits per heavy atom. The van der Waals surface area contributed by atoms with Crippen LogP contribution in [0.1, 0.15) is 38.6 Å². The number of aryl methyl sites for hydroxylation is 2. The lowest BCUT2D eigenvalue weighted by Crippen LogP contribution is -2.23. The smallest absolute Gasteiger partial charge is 0.251 e. The van der Waals surface area contributed by atoms with Crippen molar-refractivity contribution in [3.63, 3.8) is 0 Å². The highest BCUT2D eigenvalue weighted by Gasteiger charge is 2.10. The number of hydrogen-bond donors (Lipinski definition) is 2. The van der Waals surface area contributed by atoms with E-state index in [0.717, 1.165) is 23.6 Å². The van der Waals surface area contributed by atoms with Crippen molar-refractivity contribution in [2.24, 2.45) is 7.05 Å². The van der Waals surface area contributed by atoms with Crippen molar-refractivity contribution in [2.75, 3.05) is 0 Å². The second-order valence-electron chi connectivity index (χ2n) is 6.34. The molecular formula is C20H24N4O2. The van der Waals surface area contributed by atoms with E-state index >= 15 is 0 Å². The number of benzene rings is 1. The van der Waals surface area contributed by atoms with Crippen molar-refractivity contribution >= 4 is 5.91 Å². The lowest BCUT2D eigenvalue weighted by Gasteiger charge is -2.08. The molecule has 136 valence electrons. The van der Waals surface area contributed by atoms with Gasteiger partial charge in [0.25, 0.3) is 5.91 Å². The Morgan fingerprint density at radius 2 is 2.00 bits per heavy atom. The topological polar surface area (TPSA) is 72.1 Å². The summed E-state index contributed by atoms with van der Waals surface area (Å²) in [7, 11) is 1.96. The number of aromatic nitrogens is 2. The third-order valence-corrected chi connectivity index (χ3v) is 4.48. The van der Waals surface area contributed by atoms with Crippen LogP contribution in [-0.2, 0) is 26.7 Å². The van der Waals surface area contributed by atoms with Gasteiger partial charge in [-0.2, -0.15) is 5.10 Å². The highest BCUT2D eigenvalue weighted by molar-refractivity contribution is 5.94. The number of rotatable bonds is 7. The Hall–Kier alpha value is -2.86. The van der Waals surface area contributed by atoms with Gasteiger partial charge in [-0.3, -0.25) is 9.48 Å². The lowest BCUT2D eigenvalue weighted by atomic mass is 10.1. The van der Waals surface area contributed by atoms with Crippen molar-refractivity contribution in [1.82, 2.24) is 20.4 Å². The van der Waals surface area contributed by atoms with Gasteiger partial charge in [0.15, 0.2) is 0 Å². The van der Waals surface area contributed by atoms with Crippen LogP contribution < -0.4 is 10.6 Å². The van der Waals surface area contributed by atoms with Crippen LogP contribution in [-0.4, -0.2) is 15.7 Å². The van der Waals surface area contributed by atoms with E-state index in [2.05, 4.69) is 22.7 Å². The van der Waals surface area contributed by atoms with Crippen molar-refractivity contribution in [2.45, 2.75) is 33.5 Å². The normalized spacial score (nSPS) is 10.9. The van der Waals surface area contributed by atoms with E-state index in [4.69, 9.17) is 4.42 Å². The molecule has 0 atom stereocenters. The summed E-state index contributed by atoms with van der Waals surface area (Å²) in [4.78, 5) is 12.3. The Balaban J connectivity index is 1.56. The molecule has 0 unspecified atom stereocenters. The summed E-state index contributed by atoms with van der Waals surface area (Å²) >= 11 is 0. The van der Waals surface area contributed by atoms with Gasteiger partial charge in [-0.05, 0) is 43.7 Å². The summed E-state index contributed by atoms with van der Waals surface area (Å²) < 4.78 is 7.13. The molecule has 0 fully saturated rings. The Morgan fingerprint density at radius 3 is 2.69 bits per heavy atom. The Kier molecular flexibility index (Phi) is 5.53. The standard InChI is InChI=1S/C20H24N4O2/c1-14-19(15(2)24(3)23-14)13-21-11-16-6-4-7-17(10-16)20(25)22-12-18-8-5-9-26-18/h4-10,21H,11-13H2,1-3H3,(H,22,25). The van der Waals surface area contributed by atoms with Gasteiger partial charge in [0, 0.05) is 37.0 Å². The molecule has 0 aliphatic heterocycles. The second kappa shape index (κ2) is 8.01. The summed E-state index contributed by atoms with van der Waals surface area (Å²) in [5.74, 6) is 0.626. The number of nitrogens with zero attached hydrogens (tertiary/aromatic N) is 2. The van der Waals surface area contributed by atoms with Gasteiger partial charge in [-0.15, -0.1) is 0 Å². The molecule has 0 spiro atoms. The maximum absolute atomic E-state index is 12.3. The third-order valence-electron chi connectivity index (χ3n) is 4.48. The first-order valence-electron chi connectivity index (χ1n) is 8.64. The minimum Gasteiger partial charge on any atom is -0.467 e. The Bertz CT molecular complexity index is 881. The van der Waals surface area contributed by atoms with Crippen LogP contribution >= 0.6 is 0 Å². The van der Waals surface area contributed by atoms with Crippen LogP contribution in [0, 0.1) is 13.8 Å². The predicted molar refractivity (Wildman–Crippen MR) is 99.5 cm³/mol. The van der Waals surface area contributed by atoms with Crippen LogP contribution in [0.3, 0.4) is 0 Å². The zero-order valence-electron chi connectivity index (χ0n) is 15.4. The van der Waals surface area contributed by atoms with E-state index in [1.54, 1.807) is 12.3 Å². The predicted octanol–water partition coefficient (Wildman–Crippen LogP) is 2.85. The summed E-state index contributed by atoms with van der Waals surface area (Å²) in [5, 5.41) is 10.7. The molecule has 3 rings (SSSR count). The fourth-order valence-electron chi connectivity index (χ4n) is 2.91. The first-order chi connectivity index (χ1) is 12.5. The largest absolute Gasteiger partial charge is 0.467 e. The van der Waals surface area contributed by atoms with Crippen LogP contribution in [0.4, 0.5) is 0 Å². The van der Waals surface area contributed by atoms with Crippen molar-refractivity contribution in [3.05, 3.63) is 76.5 Å². The average molecular weight is 352 g/mol. The SMILES string of the molecule is Cc1nn(C)c(C)c1CNCc1cccc(C(=O)NCc2ccco2)c1. The molecule has 2 N–H and O–H groups in total. The molecule has 2 heterocycles. The van der Waals surface area contributed by atoms with E-state index in [1.807, 2.05) is 49.0 Å². The monoisotopic (exact) mass is 352 g/mol. The molecule has 3 aromatic rings. The molecule has 6 nitrogen and oxygen atoms in total. The van der Waals surface area contributed by atoms with Crippen molar-refractivity contribution < 1.29 is 9.21 Å². The number of carbonyl (C=O) groups is 1. The average Bonchev–Trinajstić information content (AvgIpc) is 3.23. The highest BCUT2D eigenvalue weighted by Crippen LogP contribution is 2.12. The van der Waals surface area contributed by atoms with Crippen molar-refractivity contribution in [3.8, 4) is 0 Å². The molecule has 0 saturated heterocycles. The molecule has 1 amide bonds. The number of furan rings is 1. The zero-order chi connectivity index (χ0) is 18.5. The van der Waals surface area contributed by atoms with Gasteiger partial charge in [-0.25, -0.2) is 0 Å². The quantitative estimate of drug-likeness (QED) is 0.686. The summed E-state index contributed by atoms with van der Waals surface area (Å²) in [6.45, 7) is 5.91. The molecule has 0 aliphatic rings. The molecule has 1 aromatic carbocycles. The number of nitrogens with one attached hydrogen (secondary N) is 2. The molecule has 0 radical (unpaired) electrons. The number of carbonyl (C=O) groups excluding carboxylic acids is 1. The van der Waals surface area contributed by atoms with E-state index in [0.29, 0.717) is 18.7 Å². The molecule has 2 aromatic heterocycles. The van der Waals surface area contributed by atoms with Gasteiger partial charge in [-0.1, -0.05) is 12.1 Å². The lowest BCUT2D eigenvalue weighted by molar-refractivity contribution is 0.0948. The van der Waals surface area contributed by atoms with Crippen LogP contribution in [0.15, 0.2) is 47.1 Å². The summed E-state index contributed by atoms with van der Waals surface area (Å²) in [5.41, 5.74) is 5.14. The van der Waals surface area contributed by atoms with Gasteiger partial charge >= 0.3 is 0 Å². The van der Waals surface area contributed by atoms with E-state index < -0.39 is 0 Å². The third kappa shape index (κ3) is 4.21. The zero-order valence-corrected chi connectivity index (χ0v) is 15.4. The van der Waals surface area contributed by atoms with Gasteiger partial charge in [0.05, 0.1) is 18.5 Å². The maximum Gasteiger partial charge on any atom is 0.251 e. The van der Waals surface area contributed by atoms with Crippen LogP contribution in [0.2, 0.25) is 0 Å². The van der Waals surface area contributed by atoms with Gasteiger partial charge in [0.2, 0.25) is 0 Å². The molecule has 0 aliphatic carbocycles. The molecule has 0 bridgehead atoms. The fourth-order valence-corrected chi connectivity index (χ4v) is 2.91. The fraction of sp³-hybridized carbons (Fsp3) is 0.300. The number of hydrogen-bond acceptors (Lipinski definition) is 4. The van der Waals surface area contributed by atoms with Crippen LogP contribution in [0.25, 0.3) is 0 Å². The van der Waals surface area contributed by atoms with E-state index in [1.165, 1.54) is 11.3 Å². The first kappa shape index (κ1) is 17.9. The molecular weight excluding hydrogens is 328 g/mol. The summed E-state index contributed by atoms with van der Waals surface area (Å²) in [6.07, 6.45) is 1.60. The van der Waals surface area contributed by atoms with E-state index in [-0.39, 0.29) is 5.91 Å². The van der Waals surface area contributed by atoms with Gasteiger partial charge < -0.3 is 15.1 Å². The molecule has 0 saturated carbocycles.